The van der Waals surface area contributed by atoms with Gasteiger partial charge in [0.25, 0.3) is 5.56 Å². The van der Waals surface area contributed by atoms with Gasteiger partial charge in [-0.3, -0.25) is 9.36 Å². The molecule has 1 aromatic rings. The van der Waals surface area contributed by atoms with Crippen molar-refractivity contribution in [3.05, 3.63) is 22.6 Å². The number of aliphatic hydroxyl groups excluding tert-OH is 2. The van der Waals surface area contributed by atoms with Crippen molar-refractivity contribution in [2.75, 3.05) is 6.61 Å². The Morgan fingerprint density at radius 3 is 3.11 bits per heavy atom. The van der Waals surface area contributed by atoms with E-state index in [9.17, 15) is 15.0 Å². The number of aliphatic hydroxyl groups is 2. The Hall–Kier alpha value is -1.40. The van der Waals surface area contributed by atoms with Crippen molar-refractivity contribution in [1.29, 1.82) is 0 Å². The summed E-state index contributed by atoms with van der Waals surface area (Å²) in [6.07, 6.45) is 2.39. The summed E-state index contributed by atoms with van der Waals surface area (Å²) in [4.78, 5) is 15.0. The summed E-state index contributed by atoms with van der Waals surface area (Å²) in [6.45, 7) is -0.0157. The molecule has 1 aliphatic heterocycles. The highest BCUT2D eigenvalue weighted by Gasteiger charge is 2.68. The molecule has 0 bridgehead atoms. The van der Waals surface area contributed by atoms with Gasteiger partial charge in [0.2, 0.25) is 0 Å². The fraction of sp³-hybridized carbons (Fsp3) is 0.667. The molecule has 6 heteroatoms. The Morgan fingerprint density at radius 1 is 1.61 bits per heavy atom. The molecule has 4 rings (SSSR count). The van der Waals surface area contributed by atoms with Crippen molar-refractivity contribution < 1.29 is 14.9 Å². The van der Waals surface area contributed by atoms with Crippen LogP contribution >= 0.6 is 0 Å². The van der Waals surface area contributed by atoms with Gasteiger partial charge >= 0.3 is 6.01 Å². The zero-order valence-corrected chi connectivity index (χ0v) is 9.69. The van der Waals surface area contributed by atoms with E-state index in [1.807, 2.05) is 4.57 Å². The van der Waals surface area contributed by atoms with Gasteiger partial charge in [-0.25, -0.2) is 0 Å². The quantitative estimate of drug-likeness (QED) is 0.689. The zero-order valence-electron chi connectivity index (χ0n) is 9.69. The zero-order chi connectivity index (χ0) is 12.5. The molecular weight excluding hydrogens is 236 g/mol. The van der Waals surface area contributed by atoms with Crippen LogP contribution in [-0.4, -0.2) is 38.6 Å². The lowest BCUT2D eigenvalue weighted by atomic mass is 9.60. The van der Waals surface area contributed by atoms with E-state index in [2.05, 4.69) is 4.98 Å². The molecule has 0 unspecified atom stereocenters. The van der Waals surface area contributed by atoms with Crippen LogP contribution in [0, 0.1) is 11.3 Å². The number of ether oxygens (including phenoxy) is 1. The van der Waals surface area contributed by atoms with Crippen LogP contribution in [0.3, 0.4) is 0 Å². The minimum absolute atomic E-state index is 0.0102. The number of fused-ring (bicyclic) bond motifs is 5. The molecule has 0 amide bonds. The van der Waals surface area contributed by atoms with Crippen LogP contribution in [-0.2, 0) is 0 Å². The largest absolute Gasteiger partial charge is 0.456 e. The van der Waals surface area contributed by atoms with Gasteiger partial charge < -0.3 is 14.9 Å². The Balaban J connectivity index is 1.82. The van der Waals surface area contributed by atoms with E-state index in [0.29, 0.717) is 0 Å². The molecular formula is C12H14N2O4. The van der Waals surface area contributed by atoms with Crippen molar-refractivity contribution >= 4 is 0 Å². The molecule has 6 nitrogen and oxygen atoms in total. The van der Waals surface area contributed by atoms with E-state index in [0.717, 1.165) is 12.8 Å². The van der Waals surface area contributed by atoms with Crippen LogP contribution in [0.1, 0.15) is 18.9 Å². The summed E-state index contributed by atoms with van der Waals surface area (Å²) in [6, 6.07) is 1.68. The molecule has 18 heavy (non-hydrogen) atoms. The second-order valence-corrected chi connectivity index (χ2v) is 5.51. The van der Waals surface area contributed by atoms with Gasteiger partial charge in [-0.1, -0.05) is 0 Å². The van der Waals surface area contributed by atoms with Gasteiger partial charge in [0.15, 0.2) is 0 Å². The molecule has 0 aromatic carbocycles. The molecule has 2 aliphatic carbocycles. The Bertz CT molecular complexity index is 567. The van der Waals surface area contributed by atoms with E-state index in [4.69, 9.17) is 4.74 Å². The van der Waals surface area contributed by atoms with E-state index in [1.54, 1.807) is 6.20 Å². The van der Waals surface area contributed by atoms with Gasteiger partial charge in [-0.2, -0.15) is 4.98 Å². The molecule has 96 valence electrons. The van der Waals surface area contributed by atoms with E-state index in [-0.39, 0.29) is 36.2 Å². The Morgan fingerprint density at radius 2 is 2.44 bits per heavy atom. The highest BCUT2D eigenvalue weighted by Crippen LogP contribution is 2.63. The molecule has 0 saturated heterocycles. The Labute approximate surface area is 103 Å². The smallest absolute Gasteiger partial charge is 0.300 e. The summed E-state index contributed by atoms with van der Waals surface area (Å²) in [5.41, 5.74) is -0.756. The van der Waals surface area contributed by atoms with Crippen LogP contribution in [0.4, 0.5) is 0 Å². The molecule has 5 atom stereocenters. The van der Waals surface area contributed by atoms with Crippen molar-refractivity contribution in [2.45, 2.75) is 31.1 Å². The van der Waals surface area contributed by atoms with Gasteiger partial charge in [0.1, 0.15) is 12.2 Å². The first-order chi connectivity index (χ1) is 8.67. The summed E-state index contributed by atoms with van der Waals surface area (Å²) < 4.78 is 7.45. The lowest BCUT2D eigenvalue weighted by Gasteiger charge is -2.46. The molecule has 2 fully saturated rings. The molecule has 0 radical (unpaired) electrons. The van der Waals surface area contributed by atoms with Crippen molar-refractivity contribution in [2.24, 2.45) is 11.3 Å². The number of hydrogen-bond donors (Lipinski definition) is 2. The first kappa shape index (κ1) is 10.5. The first-order valence-electron chi connectivity index (χ1n) is 6.22. The maximum Gasteiger partial charge on any atom is 0.300 e. The average Bonchev–Trinajstić information content (AvgIpc) is 2.73. The van der Waals surface area contributed by atoms with Crippen molar-refractivity contribution in [1.82, 2.24) is 9.55 Å². The third kappa shape index (κ3) is 0.976. The fourth-order valence-electron chi connectivity index (χ4n) is 3.91. The summed E-state index contributed by atoms with van der Waals surface area (Å²) >= 11 is 0. The van der Waals surface area contributed by atoms with Gasteiger partial charge in [-0.05, 0) is 18.8 Å². The third-order valence-electron chi connectivity index (χ3n) is 4.97. The molecule has 0 spiro atoms. The van der Waals surface area contributed by atoms with Crippen LogP contribution in [0.15, 0.2) is 17.1 Å². The van der Waals surface area contributed by atoms with Crippen LogP contribution in [0.25, 0.3) is 0 Å². The lowest BCUT2D eigenvalue weighted by Crippen LogP contribution is -2.49. The van der Waals surface area contributed by atoms with Crippen molar-refractivity contribution in [3.8, 4) is 6.01 Å². The maximum atomic E-state index is 11.2. The second-order valence-electron chi connectivity index (χ2n) is 5.51. The summed E-state index contributed by atoms with van der Waals surface area (Å²) in [5, 5.41) is 20.0. The van der Waals surface area contributed by atoms with Crippen molar-refractivity contribution in [3.63, 3.8) is 0 Å². The SMILES string of the molecule is O=c1ccn2c(n1)O[C@@H]1[C@H]2[C@H]2CC[C@@]2(CO)[C@H]1O. The third-order valence-corrected chi connectivity index (χ3v) is 4.97. The topological polar surface area (TPSA) is 84.6 Å². The van der Waals surface area contributed by atoms with Gasteiger partial charge in [-0.15, -0.1) is 0 Å². The molecule has 2 N–H and O–H groups in total. The molecule has 3 aliphatic rings. The predicted molar refractivity (Wildman–Crippen MR) is 60.2 cm³/mol. The van der Waals surface area contributed by atoms with Crippen LogP contribution in [0.5, 0.6) is 6.01 Å². The normalized spacial score (nSPS) is 43.7. The standard InChI is InChI=1S/C12H14N2O4/c15-5-12-3-1-6(12)8-9(10(12)17)18-11-13-7(16)2-4-14(8)11/h2,4,6,8-10,15,17H,1,3,5H2/t6-,8-,9-,10+,12+/m1/s1. The Kier molecular flexibility index (Phi) is 1.83. The molecule has 1 aromatic heterocycles. The van der Waals surface area contributed by atoms with Gasteiger partial charge in [0.05, 0.1) is 12.6 Å². The van der Waals surface area contributed by atoms with E-state index < -0.39 is 11.5 Å². The number of rotatable bonds is 1. The van der Waals surface area contributed by atoms with Gasteiger partial charge in [0, 0.05) is 17.7 Å². The average molecular weight is 250 g/mol. The predicted octanol–water partition coefficient (Wildman–Crippen LogP) is -0.691. The highest BCUT2D eigenvalue weighted by atomic mass is 16.5. The monoisotopic (exact) mass is 250 g/mol. The molecule has 2 heterocycles. The summed E-state index contributed by atoms with van der Waals surface area (Å²) in [7, 11) is 0. The highest BCUT2D eigenvalue weighted by molar-refractivity contribution is 5.22. The maximum absolute atomic E-state index is 11.2. The lowest BCUT2D eigenvalue weighted by molar-refractivity contribution is -0.0995. The number of nitrogens with zero attached hydrogens (tertiary/aromatic N) is 2. The summed E-state index contributed by atoms with van der Waals surface area (Å²) in [5.74, 6) is 0.202. The first-order valence-corrected chi connectivity index (χ1v) is 6.22. The van der Waals surface area contributed by atoms with E-state index >= 15 is 0 Å². The minimum atomic E-state index is -0.692. The molecule has 2 saturated carbocycles. The van der Waals surface area contributed by atoms with E-state index in [1.165, 1.54) is 6.07 Å². The number of hydrogen-bond acceptors (Lipinski definition) is 5. The second kappa shape index (κ2) is 3.13. The number of aromatic nitrogens is 2. The van der Waals surface area contributed by atoms with Crippen LogP contribution in [0.2, 0.25) is 0 Å². The van der Waals surface area contributed by atoms with Crippen LogP contribution < -0.4 is 10.3 Å². The fourth-order valence-corrected chi connectivity index (χ4v) is 3.91. The minimum Gasteiger partial charge on any atom is -0.456 e.